The van der Waals surface area contributed by atoms with E-state index in [0.717, 1.165) is 12.3 Å². The summed E-state index contributed by atoms with van der Waals surface area (Å²) in [7, 11) is 0. The topological polar surface area (TPSA) is 23.8 Å². The van der Waals surface area contributed by atoms with Crippen LogP contribution in [-0.4, -0.2) is 6.04 Å². The van der Waals surface area contributed by atoms with Crippen molar-refractivity contribution in [3.05, 3.63) is 19.1 Å². The minimum absolute atomic E-state index is 0. The predicted octanol–water partition coefficient (Wildman–Crippen LogP) is 1.83. The van der Waals surface area contributed by atoms with Gasteiger partial charge in [-0.25, -0.2) is 6.42 Å². The molecule has 0 radical (unpaired) electrons. The molecule has 1 N–H and O–H groups in total. The van der Waals surface area contributed by atoms with Crippen molar-refractivity contribution in [2.24, 2.45) is 5.92 Å². The molecule has 0 aromatic rings. The van der Waals surface area contributed by atoms with Crippen LogP contribution in [0.5, 0.6) is 0 Å². The summed E-state index contributed by atoms with van der Waals surface area (Å²) in [5, 5.41) is 0. The van der Waals surface area contributed by atoms with E-state index in [0.29, 0.717) is 0 Å². The average molecular weight is 1750 g/mol. The summed E-state index contributed by atoms with van der Waals surface area (Å²) in [6.07, 6.45) is 4.43. The summed E-state index contributed by atoms with van der Waals surface area (Å²) in [5.41, 5.74) is 7.02. The molecule has 16 heavy (non-hydrogen) atoms. The van der Waals surface area contributed by atoms with E-state index in [1.807, 2.05) is 0 Å². The molecular weight excluding hydrogens is 1740 g/mol. The van der Waals surface area contributed by atoms with Gasteiger partial charge in [0.25, 0.3) is 0 Å². The Bertz CT molecular complexity index is 71.0. The zero-order valence-corrected chi connectivity index (χ0v) is 34.4. The van der Waals surface area contributed by atoms with Crippen LogP contribution in [-0.2, 0) is 190 Å². The van der Waals surface area contributed by atoms with Gasteiger partial charge in [0, 0.05) is 169 Å². The van der Waals surface area contributed by atoms with Gasteiger partial charge in [-0.15, -0.1) is 6.42 Å². The summed E-state index contributed by atoms with van der Waals surface area (Å²) < 4.78 is 0. The Hall–Kier alpha value is 6.15. The summed E-state index contributed by atoms with van der Waals surface area (Å²) in [5.74, 6) is 0.750. The molecule has 2 atom stereocenters. The minimum atomic E-state index is -0.0938. The second-order valence-corrected chi connectivity index (χ2v) is 2.16. The quantitative estimate of drug-likeness (QED) is 0.378. The molecule has 10 heteroatoms. The third-order valence-corrected chi connectivity index (χ3v) is 1.16. The molecule has 94 valence electrons. The van der Waals surface area contributed by atoms with Gasteiger partial charge in [-0.3, -0.25) is 6.04 Å². The number of rotatable bonds is 2. The maximum absolute atomic E-state index is 7.02. The van der Waals surface area contributed by atoms with Crippen LogP contribution in [0.3, 0.4) is 0 Å². The molecule has 1 aliphatic rings. The van der Waals surface area contributed by atoms with Gasteiger partial charge in [0.1, 0.15) is 0 Å². The maximum atomic E-state index is 7.02. The van der Waals surface area contributed by atoms with E-state index in [-0.39, 0.29) is 196 Å². The summed E-state index contributed by atoms with van der Waals surface area (Å²) in [6, 6.07) is -0.0938. The first-order valence-electron chi connectivity index (χ1n) is 2.66. The Labute approximate surface area is 228 Å². The van der Waals surface area contributed by atoms with Gasteiger partial charge in [-0.1, -0.05) is 0 Å². The van der Waals surface area contributed by atoms with Crippen LogP contribution in [0.25, 0.3) is 5.73 Å². The zero-order chi connectivity index (χ0) is 5.28. The molecule has 2 unspecified atom stereocenters. The van der Waals surface area contributed by atoms with Gasteiger partial charge in [0.2, 0.25) is 0 Å². The van der Waals surface area contributed by atoms with Gasteiger partial charge in [0.15, 0.2) is 0 Å². The normalized spacial score (nSPS) is 14.2. The smallest absolute Gasteiger partial charge is 0.701 e. The summed E-state index contributed by atoms with van der Waals surface area (Å²) >= 11 is 0. The second kappa shape index (κ2) is 37.4. The third-order valence-electron chi connectivity index (χ3n) is 1.16. The first kappa shape index (κ1) is 57.3. The molecule has 1 aliphatic carbocycles. The van der Waals surface area contributed by atoms with E-state index in [4.69, 9.17) is 5.73 Å². The van der Waals surface area contributed by atoms with Gasteiger partial charge >= 0.3 is 21.1 Å². The van der Waals surface area contributed by atoms with Crippen LogP contribution in [0.15, 0.2) is 0 Å². The van der Waals surface area contributed by atoms with E-state index < -0.39 is 0 Å². The molecule has 1 saturated carbocycles. The third kappa shape index (κ3) is 42.7. The number of hydrogen-bond acceptors (Lipinski definition) is 0. The molecule has 1 nitrogen and oxygen atoms in total. The van der Waals surface area contributed by atoms with Crippen molar-refractivity contribution in [2.75, 3.05) is 0 Å². The molecule has 0 saturated heterocycles. The predicted molar refractivity (Wildman–Crippen MR) is 30.5 cm³/mol. The van der Waals surface area contributed by atoms with Crippen molar-refractivity contribution >= 4 is 0 Å². The first-order valence-corrected chi connectivity index (χ1v) is 2.66. The van der Waals surface area contributed by atoms with E-state index in [1.54, 1.807) is 0 Å². The Morgan fingerprint density at radius 3 is 1.31 bits per heavy atom. The SMILES string of the molecule is [CH2-]C([NH-])CC1[CH-]C1.[W+2].[W].[W].[W].[W].[W].[W].[W].[W]. The molecule has 0 aliphatic heterocycles. The fraction of sp³-hybridized carbons (Fsp3) is 0.667. The monoisotopic (exact) mass is 1750 g/mol. The van der Waals surface area contributed by atoms with Crippen molar-refractivity contribution in [3.63, 3.8) is 0 Å². The fourth-order valence-electron chi connectivity index (χ4n) is 0.654. The van der Waals surface area contributed by atoms with Crippen LogP contribution in [0.2, 0.25) is 0 Å². The molecule has 0 amide bonds. The van der Waals surface area contributed by atoms with Gasteiger partial charge < -0.3 is 19.1 Å². The van der Waals surface area contributed by atoms with Crippen LogP contribution in [0, 0.1) is 19.3 Å². The summed E-state index contributed by atoms with van der Waals surface area (Å²) in [6.45, 7) is 3.57. The van der Waals surface area contributed by atoms with Crippen molar-refractivity contribution < 1.29 is 190 Å². The Morgan fingerprint density at radius 2 is 1.25 bits per heavy atom. The van der Waals surface area contributed by atoms with Crippen LogP contribution in [0.4, 0.5) is 0 Å². The van der Waals surface area contributed by atoms with Crippen molar-refractivity contribution in [1.29, 1.82) is 0 Å². The molecule has 1 fully saturated rings. The number of nitrogens with one attached hydrogen (secondary N) is 1. The maximum Gasteiger partial charge on any atom is 2.00 e. The summed E-state index contributed by atoms with van der Waals surface area (Å²) in [4.78, 5) is 0. The molecule has 0 aromatic carbocycles. The standard InChI is InChI=1S/C6H10N.9W/c1-5(7)4-6-2-3-6;;;;;;;;;/h2,5-7H,1,3-4H2;;;;;;;;;/q-3;;;;;;;;;+2. The van der Waals surface area contributed by atoms with E-state index >= 15 is 0 Å². The van der Waals surface area contributed by atoms with Crippen molar-refractivity contribution in [3.8, 4) is 0 Å². The van der Waals surface area contributed by atoms with Gasteiger partial charge in [-0.05, 0) is 0 Å². The van der Waals surface area contributed by atoms with E-state index in [9.17, 15) is 0 Å². The van der Waals surface area contributed by atoms with E-state index in [1.165, 1.54) is 6.42 Å². The van der Waals surface area contributed by atoms with Crippen LogP contribution in [0.1, 0.15) is 12.8 Å². The molecule has 0 aromatic heterocycles. The first-order chi connectivity index (χ1) is 3.29. The molecule has 0 bridgehead atoms. The molecule has 0 heterocycles. The Balaban J connectivity index is -0.00000000778. The van der Waals surface area contributed by atoms with Gasteiger partial charge in [-0.2, -0.15) is 5.92 Å². The largest absolute Gasteiger partial charge is 2.00 e. The number of hydrogen-bond donors (Lipinski definition) is 0. The molecule has 1 rings (SSSR count). The second-order valence-electron chi connectivity index (χ2n) is 2.16. The Kier molecular flexibility index (Phi) is 134. The molecule has 0 spiro atoms. The van der Waals surface area contributed by atoms with Crippen LogP contribution < -0.4 is 0 Å². The van der Waals surface area contributed by atoms with Crippen LogP contribution >= 0.6 is 0 Å². The van der Waals surface area contributed by atoms with Crippen molar-refractivity contribution in [2.45, 2.75) is 18.9 Å². The minimum Gasteiger partial charge on any atom is -0.701 e. The van der Waals surface area contributed by atoms with Gasteiger partial charge in [0.05, 0.1) is 0 Å². The zero-order valence-electron chi connectivity index (χ0n) is 8.03. The van der Waals surface area contributed by atoms with Crippen molar-refractivity contribution in [1.82, 2.24) is 0 Å². The Morgan fingerprint density at radius 1 is 1.00 bits per heavy atom. The molecular formula is C6H10NW9-. The average Bonchev–Trinajstić information content (AvgIpc) is 2.17. The van der Waals surface area contributed by atoms with E-state index in [2.05, 4.69) is 13.3 Å². The fourth-order valence-corrected chi connectivity index (χ4v) is 0.654.